The zero-order valence-corrected chi connectivity index (χ0v) is 13.8. The van der Waals surface area contributed by atoms with E-state index in [-0.39, 0.29) is 5.78 Å². The molecule has 1 heterocycles. The van der Waals surface area contributed by atoms with Crippen LogP contribution in [-0.4, -0.2) is 22.3 Å². The van der Waals surface area contributed by atoms with Crippen LogP contribution in [0.15, 0.2) is 48.5 Å². The van der Waals surface area contributed by atoms with E-state index in [1.807, 2.05) is 36.4 Å². The molecule has 0 radical (unpaired) electrons. The van der Waals surface area contributed by atoms with Crippen LogP contribution in [0, 0.1) is 0 Å². The fourth-order valence-corrected chi connectivity index (χ4v) is 2.46. The van der Waals surface area contributed by atoms with Gasteiger partial charge in [-0.1, -0.05) is 31.2 Å². The zero-order valence-electron chi connectivity index (χ0n) is 13.8. The molecule has 0 saturated heterocycles. The molecule has 122 valence electrons. The second-order valence-corrected chi connectivity index (χ2v) is 5.60. The van der Waals surface area contributed by atoms with Gasteiger partial charge in [-0.3, -0.25) is 4.79 Å². The Bertz CT molecular complexity index is 876. The lowest BCUT2D eigenvalue weighted by molar-refractivity contribution is 0.101. The van der Waals surface area contributed by atoms with Crippen LogP contribution in [0.2, 0.25) is 0 Å². The summed E-state index contributed by atoms with van der Waals surface area (Å²) in [6.07, 6.45) is 1.02. The van der Waals surface area contributed by atoms with Crippen molar-refractivity contribution in [1.29, 1.82) is 0 Å². The molecule has 5 nitrogen and oxygen atoms in total. The Balaban J connectivity index is 1.97. The summed E-state index contributed by atoms with van der Waals surface area (Å²) in [5.74, 6) is 1.35. The lowest BCUT2D eigenvalue weighted by Gasteiger charge is -2.11. The van der Waals surface area contributed by atoms with Crippen molar-refractivity contribution >= 4 is 34.1 Å². The van der Waals surface area contributed by atoms with Gasteiger partial charge in [0, 0.05) is 23.2 Å². The van der Waals surface area contributed by atoms with Crippen LogP contribution < -0.4 is 10.6 Å². The van der Waals surface area contributed by atoms with Crippen LogP contribution in [0.5, 0.6) is 0 Å². The number of ketones is 1. The molecule has 0 spiro atoms. The van der Waals surface area contributed by atoms with E-state index in [0.29, 0.717) is 11.5 Å². The summed E-state index contributed by atoms with van der Waals surface area (Å²) in [4.78, 5) is 20.7. The number of para-hydroxylation sites is 1. The first-order chi connectivity index (χ1) is 11.7. The number of aromatic nitrogens is 2. The van der Waals surface area contributed by atoms with Gasteiger partial charge < -0.3 is 10.6 Å². The highest BCUT2D eigenvalue weighted by Crippen LogP contribution is 2.24. The van der Waals surface area contributed by atoms with E-state index < -0.39 is 0 Å². The van der Waals surface area contributed by atoms with Gasteiger partial charge in [0.25, 0.3) is 0 Å². The lowest BCUT2D eigenvalue weighted by Crippen LogP contribution is -2.06. The highest BCUT2D eigenvalue weighted by molar-refractivity contribution is 5.95. The Hall–Kier alpha value is -2.95. The topological polar surface area (TPSA) is 66.9 Å². The molecule has 0 aliphatic rings. The lowest BCUT2D eigenvalue weighted by atomic mass is 10.1. The molecule has 3 aromatic rings. The number of nitrogens with zero attached hydrogens (tertiary/aromatic N) is 2. The predicted octanol–water partition coefficient (Wildman–Crippen LogP) is 4.40. The normalized spacial score (nSPS) is 10.6. The number of hydrogen-bond donors (Lipinski definition) is 2. The van der Waals surface area contributed by atoms with Gasteiger partial charge in [0.2, 0.25) is 5.95 Å². The third-order valence-corrected chi connectivity index (χ3v) is 3.67. The fraction of sp³-hybridized carbons (Fsp3) is 0.211. The zero-order chi connectivity index (χ0) is 16.9. The molecular weight excluding hydrogens is 300 g/mol. The Labute approximate surface area is 141 Å². The SMILES string of the molecule is CCCNc1nc(Nc2cccc(C(C)=O)c2)nc2ccccc12. The number of fused-ring (bicyclic) bond motifs is 1. The molecule has 3 rings (SSSR count). The van der Waals surface area contributed by atoms with Gasteiger partial charge >= 0.3 is 0 Å². The quantitative estimate of drug-likeness (QED) is 0.659. The maximum atomic E-state index is 11.5. The van der Waals surface area contributed by atoms with Gasteiger partial charge in [-0.25, -0.2) is 4.98 Å². The molecule has 2 N–H and O–H groups in total. The molecule has 1 aromatic heterocycles. The van der Waals surface area contributed by atoms with Crippen molar-refractivity contribution in [3.05, 3.63) is 54.1 Å². The fourth-order valence-electron chi connectivity index (χ4n) is 2.46. The van der Waals surface area contributed by atoms with Crippen LogP contribution in [0.4, 0.5) is 17.5 Å². The van der Waals surface area contributed by atoms with Crippen LogP contribution in [0.25, 0.3) is 10.9 Å². The van der Waals surface area contributed by atoms with Gasteiger partial charge in [0.05, 0.1) is 5.52 Å². The standard InChI is InChI=1S/C19H20N4O/c1-3-11-20-18-16-9-4-5-10-17(16)22-19(23-18)21-15-8-6-7-14(12-15)13(2)24/h4-10,12H,3,11H2,1-2H3,(H2,20,21,22,23). The number of carbonyl (C=O) groups excluding carboxylic acids is 1. The molecule has 0 fully saturated rings. The molecule has 0 saturated carbocycles. The average molecular weight is 320 g/mol. The number of hydrogen-bond acceptors (Lipinski definition) is 5. The number of anilines is 3. The van der Waals surface area contributed by atoms with Crippen molar-refractivity contribution in [2.75, 3.05) is 17.2 Å². The van der Waals surface area contributed by atoms with Gasteiger partial charge in [0.1, 0.15) is 5.82 Å². The molecule has 0 unspecified atom stereocenters. The second-order valence-electron chi connectivity index (χ2n) is 5.60. The Morgan fingerprint density at radius 2 is 1.92 bits per heavy atom. The Morgan fingerprint density at radius 1 is 1.08 bits per heavy atom. The largest absolute Gasteiger partial charge is 0.369 e. The molecule has 24 heavy (non-hydrogen) atoms. The minimum Gasteiger partial charge on any atom is -0.369 e. The van der Waals surface area contributed by atoms with E-state index in [9.17, 15) is 4.79 Å². The van der Waals surface area contributed by atoms with Gasteiger partial charge in [-0.05, 0) is 37.6 Å². The van der Waals surface area contributed by atoms with Gasteiger partial charge in [0.15, 0.2) is 5.78 Å². The molecule has 0 aliphatic carbocycles. The summed E-state index contributed by atoms with van der Waals surface area (Å²) < 4.78 is 0. The van der Waals surface area contributed by atoms with E-state index in [0.717, 1.165) is 35.4 Å². The third-order valence-electron chi connectivity index (χ3n) is 3.67. The number of carbonyl (C=O) groups is 1. The summed E-state index contributed by atoms with van der Waals surface area (Å²) in [6, 6.07) is 15.2. The summed E-state index contributed by atoms with van der Waals surface area (Å²) >= 11 is 0. The third kappa shape index (κ3) is 3.51. The smallest absolute Gasteiger partial charge is 0.229 e. The number of rotatable bonds is 6. The van der Waals surface area contributed by atoms with Gasteiger partial charge in [-0.2, -0.15) is 4.98 Å². The van der Waals surface area contributed by atoms with Crippen molar-refractivity contribution in [3.8, 4) is 0 Å². The first-order valence-electron chi connectivity index (χ1n) is 8.06. The van der Waals surface area contributed by atoms with Crippen molar-refractivity contribution in [2.45, 2.75) is 20.3 Å². The van der Waals surface area contributed by atoms with Gasteiger partial charge in [-0.15, -0.1) is 0 Å². The maximum Gasteiger partial charge on any atom is 0.229 e. The first kappa shape index (κ1) is 15.9. The van der Waals surface area contributed by atoms with Crippen LogP contribution in [-0.2, 0) is 0 Å². The monoisotopic (exact) mass is 320 g/mol. The van der Waals surface area contributed by atoms with E-state index in [4.69, 9.17) is 0 Å². The van der Waals surface area contributed by atoms with Crippen LogP contribution >= 0.6 is 0 Å². The molecule has 0 bridgehead atoms. The molecule has 0 atom stereocenters. The maximum absolute atomic E-state index is 11.5. The Morgan fingerprint density at radius 3 is 2.71 bits per heavy atom. The second kappa shape index (κ2) is 7.08. The molecule has 0 amide bonds. The van der Waals surface area contributed by atoms with Crippen molar-refractivity contribution in [1.82, 2.24) is 9.97 Å². The number of benzene rings is 2. The van der Waals surface area contributed by atoms with Crippen LogP contribution in [0.1, 0.15) is 30.6 Å². The van der Waals surface area contributed by atoms with Crippen molar-refractivity contribution in [3.63, 3.8) is 0 Å². The Kier molecular flexibility index (Phi) is 4.70. The van der Waals surface area contributed by atoms with Crippen LogP contribution in [0.3, 0.4) is 0 Å². The number of nitrogens with one attached hydrogen (secondary N) is 2. The summed E-state index contributed by atoms with van der Waals surface area (Å²) in [7, 11) is 0. The van der Waals surface area contributed by atoms with E-state index in [2.05, 4.69) is 27.5 Å². The summed E-state index contributed by atoms with van der Waals surface area (Å²) in [5, 5.41) is 7.54. The average Bonchev–Trinajstić information content (AvgIpc) is 2.60. The highest BCUT2D eigenvalue weighted by Gasteiger charge is 2.08. The van der Waals surface area contributed by atoms with E-state index in [1.54, 1.807) is 19.1 Å². The minimum absolute atomic E-state index is 0.0309. The summed E-state index contributed by atoms with van der Waals surface area (Å²) in [6.45, 7) is 4.52. The van der Waals surface area contributed by atoms with E-state index >= 15 is 0 Å². The molecular formula is C19H20N4O. The summed E-state index contributed by atoms with van der Waals surface area (Å²) in [5.41, 5.74) is 2.32. The predicted molar refractivity (Wildman–Crippen MR) is 98.0 cm³/mol. The molecule has 2 aromatic carbocycles. The molecule has 5 heteroatoms. The van der Waals surface area contributed by atoms with E-state index in [1.165, 1.54) is 0 Å². The van der Waals surface area contributed by atoms with Crippen molar-refractivity contribution < 1.29 is 4.79 Å². The molecule has 0 aliphatic heterocycles. The highest BCUT2D eigenvalue weighted by atomic mass is 16.1. The van der Waals surface area contributed by atoms with Crippen molar-refractivity contribution in [2.24, 2.45) is 0 Å². The minimum atomic E-state index is 0.0309. The number of Topliss-reactive ketones (excluding diaryl/α,β-unsaturated/α-hetero) is 1. The first-order valence-corrected chi connectivity index (χ1v) is 8.06.